The minimum Gasteiger partial charge on any atom is -0.494 e. The second-order valence-electron chi connectivity index (χ2n) is 6.61. The highest BCUT2D eigenvalue weighted by Crippen LogP contribution is 2.18. The van der Waals surface area contributed by atoms with Crippen LogP contribution in [0.2, 0.25) is 0 Å². The van der Waals surface area contributed by atoms with E-state index in [0.717, 1.165) is 37.6 Å². The summed E-state index contributed by atoms with van der Waals surface area (Å²) in [6, 6.07) is 16.1. The maximum atomic E-state index is 12.3. The summed E-state index contributed by atoms with van der Waals surface area (Å²) in [5.41, 5.74) is 3.35. The van der Waals surface area contributed by atoms with E-state index in [2.05, 4.69) is 46.3 Å². The van der Waals surface area contributed by atoms with E-state index in [-0.39, 0.29) is 5.91 Å². The Morgan fingerprint density at radius 1 is 1.08 bits per heavy atom. The number of hydrogen-bond acceptors (Lipinski definition) is 4. The van der Waals surface area contributed by atoms with Gasteiger partial charge in [0.1, 0.15) is 5.75 Å². The zero-order valence-corrected chi connectivity index (χ0v) is 15.6. The first-order chi connectivity index (χ1) is 12.6. The molecule has 1 heterocycles. The quantitative estimate of drug-likeness (QED) is 0.866. The SMILES string of the molecule is CCOc1ccc(NC(=O)CN2CCN(c3cccc(C)c3)CC2)cc1. The van der Waals surface area contributed by atoms with Gasteiger partial charge in [-0.25, -0.2) is 0 Å². The Kier molecular flexibility index (Phi) is 6.12. The molecule has 1 fully saturated rings. The number of carbonyl (C=O) groups is 1. The summed E-state index contributed by atoms with van der Waals surface area (Å²) < 4.78 is 5.42. The first kappa shape index (κ1) is 18.3. The topological polar surface area (TPSA) is 44.8 Å². The zero-order valence-electron chi connectivity index (χ0n) is 15.6. The van der Waals surface area contributed by atoms with Gasteiger partial charge in [0.05, 0.1) is 13.2 Å². The maximum Gasteiger partial charge on any atom is 0.238 e. The molecule has 0 atom stereocenters. The first-order valence-corrected chi connectivity index (χ1v) is 9.21. The number of aryl methyl sites for hydroxylation is 1. The molecule has 0 radical (unpaired) electrons. The van der Waals surface area contributed by atoms with Gasteiger partial charge in [-0.1, -0.05) is 12.1 Å². The van der Waals surface area contributed by atoms with Crippen molar-refractivity contribution in [2.24, 2.45) is 0 Å². The van der Waals surface area contributed by atoms with Gasteiger partial charge in [-0.05, 0) is 55.8 Å². The summed E-state index contributed by atoms with van der Waals surface area (Å²) in [4.78, 5) is 16.9. The second kappa shape index (κ2) is 8.72. The summed E-state index contributed by atoms with van der Waals surface area (Å²) >= 11 is 0. The third-order valence-electron chi connectivity index (χ3n) is 4.56. The summed E-state index contributed by atoms with van der Waals surface area (Å²) in [7, 11) is 0. The van der Waals surface area contributed by atoms with E-state index >= 15 is 0 Å². The van der Waals surface area contributed by atoms with Crippen LogP contribution in [-0.4, -0.2) is 50.1 Å². The molecule has 26 heavy (non-hydrogen) atoms. The summed E-state index contributed by atoms with van der Waals surface area (Å²) in [6.07, 6.45) is 0. The fraction of sp³-hybridized carbons (Fsp3) is 0.381. The number of hydrogen-bond donors (Lipinski definition) is 1. The monoisotopic (exact) mass is 353 g/mol. The standard InChI is InChI=1S/C21H27N3O2/c1-3-26-20-9-7-18(8-10-20)22-21(25)16-23-11-13-24(14-12-23)19-6-4-5-17(2)15-19/h4-10,15H,3,11-14,16H2,1-2H3,(H,22,25). The molecular weight excluding hydrogens is 326 g/mol. The van der Waals surface area contributed by atoms with Crippen LogP contribution < -0.4 is 15.0 Å². The van der Waals surface area contributed by atoms with Crippen molar-refractivity contribution in [2.75, 3.05) is 49.5 Å². The molecule has 0 unspecified atom stereocenters. The third-order valence-corrected chi connectivity index (χ3v) is 4.56. The second-order valence-corrected chi connectivity index (χ2v) is 6.61. The Hall–Kier alpha value is -2.53. The number of anilines is 2. The van der Waals surface area contributed by atoms with Crippen LogP contribution in [0.25, 0.3) is 0 Å². The van der Waals surface area contributed by atoms with Crippen LogP contribution in [0.4, 0.5) is 11.4 Å². The van der Waals surface area contributed by atoms with Crippen molar-refractivity contribution >= 4 is 17.3 Å². The molecule has 5 heteroatoms. The molecule has 1 aliphatic heterocycles. The molecule has 1 aliphatic rings. The number of rotatable bonds is 6. The first-order valence-electron chi connectivity index (χ1n) is 9.21. The molecule has 1 saturated heterocycles. The number of piperazine rings is 1. The molecule has 0 saturated carbocycles. The molecule has 138 valence electrons. The van der Waals surface area contributed by atoms with E-state index in [0.29, 0.717) is 13.2 Å². The van der Waals surface area contributed by atoms with E-state index < -0.39 is 0 Å². The van der Waals surface area contributed by atoms with Gasteiger partial charge in [-0.2, -0.15) is 0 Å². The molecule has 0 aromatic heterocycles. The molecule has 1 N–H and O–H groups in total. The summed E-state index contributed by atoms with van der Waals surface area (Å²) in [5, 5.41) is 2.96. The van der Waals surface area contributed by atoms with Crippen molar-refractivity contribution in [1.82, 2.24) is 4.90 Å². The average molecular weight is 353 g/mol. The minimum absolute atomic E-state index is 0.0261. The molecule has 5 nitrogen and oxygen atoms in total. The zero-order chi connectivity index (χ0) is 18.4. The molecule has 0 spiro atoms. The molecule has 3 rings (SSSR count). The number of ether oxygens (including phenoxy) is 1. The Morgan fingerprint density at radius 2 is 1.81 bits per heavy atom. The van der Waals surface area contributed by atoms with Crippen LogP contribution in [-0.2, 0) is 4.79 Å². The van der Waals surface area contributed by atoms with Gasteiger partial charge in [-0.15, -0.1) is 0 Å². The molecule has 0 bridgehead atoms. The van der Waals surface area contributed by atoms with Crippen molar-refractivity contribution in [1.29, 1.82) is 0 Å². The number of nitrogens with one attached hydrogen (secondary N) is 1. The van der Waals surface area contributed by atoms with E-state index in [4.69, 9.17) is 4.74 Å². The smallest absolute Gasteiger partial charge is 0.238 e. The summed E-state index contributed by atoms with van der Waals surface area (Å²) in [6.45, 7) is 8.81. The Morgan fingerprint density at radius 3 is 2.46 bits per heavy atom. The van der Waals surface area contributed by atoms with E-state index in [9.17, 15) is 4.79 Å². The predicted octanol–water partition coefficient (Wildman–Crippen LogP) is 3.15. The van der Waals surface area contributed by atoms with Crippen LogP contribution in [0.1, 0.15) is 12.5 Å². The normalized spacial score (nSPS) is 14.9. The van der Waals surface area contributed by atoms with Crippen LogP contribution >= 0.6 is 0 Å². The summed E-state index contributed by atoms with van der Waals surface area (Å²) in [5.74, 6) is 0.843. The highest BCUT2D eigenvalue weighted by Gasteiger charge is 2.19. The highest BCUT2D eigenvalue weighted by molar-refractivity contribution is 5.92. The van der Waals surface area contributed by atoms with Gasteiger partial charge < -0.3 is 15.0 Å². The van der Waals surface area contributed by atoms with Crippen molar-refractivity contribution in [2.45, 2.75) is 13.8 Å². The van der Waals surface area contributed by atoms with Crippen LogP contribution in [0.3, 0.4) is 0 Å². The van der Waals surface area contributed by atoms with Gasteiger partial charge >= 0.3 is 0 Å². The molecule has 1 amide bonds. The minimum atomic E-state index is 0.0261. The lowest BCUT2D eigenvalue weighted by Crippen LogP contribution is -2.48. The Labute approximate surface area is 155 Å². The Balaban J connectivity index is 1.46. The van der Waals surface area contributed by atoms with E-state index in [1.165, 1.54) is 11.3 Å². The molecule has 0 aliphatic carbocycles. The van der Waals surface area contributed by atoms with Crippen LogP contribution in [0, 0.1) is 6.92 Å². The van der Waals surface area contributed by atoms with Gasteiger partial charge in [-0.3, -0.25) is 9.69 Å². The van der Waals surface area contributed by atoms with Gasteiger partial charge in [0, 0.05) is 37.6 Å². The largest absolute Gasteiger partial charge is 0.494 e. The molecule has 2 aromatic rings. The maximum absolute atomic E-state index is 12.3. The number of benzene rings is 2. The lowest BCUT2D eigenvalue weighted by molar-refractivity contribution is -0.117. The number of amides is 1. The lowest BCUT2D eigenvalue weighted by atomic mass is 10.2. The van der Waals surface area contributed by atoms with Crippen LogP contribution in [0.5, 0.6) is 5.75 Å². The lowest BCUT2D eigenvalue weighted by Gasteiger charge is -2.35. The van der Waals surface area contributed by atoms with Gasteiger partial charge in [0.25, 0.3) is 0 Å². The fourth-order valence-electron chi connectivity index (χ4n) is 3.19. The van der Waals surface area contributed by atoms with E-state index in [1.807, 2.05) is 31.2 Å². The molecule has 2 aromatic carbocycles. The van der Waals surface area contributed by atoms with E-state index in [1.54, 1.807) is 0 Å². The number of nitrogens with zero attached hydrogens (tertiary/aromatic N) is 2. The fourth-order valence-corrected chi connectivity index (χ4v) is 3.19. The molecular formula is C21H27N3O2. The van der Waals surface area contributed by atoms with Crippen molar-refractivity contribution < 1.29 is 9.53 Å². The Bertz CT molecular complexity index is 722. The van der Waals surface area contributed by atoms with Crippen molar-refractivity contribution in [3.63, 3.8) is 0 Å². The average Bonchev–Trinajstić information content (AvgIpc) is 2.64. The van der Waals surface area contributed by atoms with Crippen LogP contribution in [0.15, 0.2) is 48.5 Å². The van der Waals surface area contributed by atoms with Gasteiger partial charge in [0.15, 0.2) is 0 Å². The number of carbonyl (C=O) groups excluding carboxylic acids is 1. The van der Waals surface area contributed by atoms with Crippen molar-refractivity contribution in [3.8, 4) is 5.75 Å². The third kappa shape index (κ3) is 4.99. The van der Waals surface area contributed by atoms with Gasteiger partial charge in [0.2, 0.25) is 5.91 Å². The van der Waals surface area contributed by atoms with Crippen molar-refractivity contribution in [3.05, 3.63) is 54.1 Å². The predicted molar refractivity (Wildman–Crippen MR) is 106 cm³/mol. The highest BCUT2D eigenvalue weighted by atomic mass is 16.5.